The number of aliphatic hydroxyl groups is 2. The molecular weight excluding hydrogens is 206 g/mol. The number of rotatable bonds is 2. The lowest BCUT2D eigenvalue weighted by molar-refractivity contribution is -0.0451. The Balaban J connectivity index is 2.58. The molecule has 3 N–H and O–H groups in total. The highest BCUT2D eigenvalue weighted by Gasteiger charge is 2.17. The van der Waals surface area contributed by atoms with Crippen LogP contribution in [0.15, 0.2) is 27.6 Å². The first-order valence-corrected chi connectivity index (χ1v) is 4.63. The van der Waals surface area contributed by atoms with Crippen molar-refractivity contribution in [1.29, 1.82) is 0 Å². The Morgan fingerprint density at radius 2 is 2.29 bits per heavy atom. The number of aromatic amines is 1. The van der Waals surface area contributed by atoms with Crippen molar-refractivity contribution in [3.63, 3.8) is 0 Å². The number of H-pyrrole nitrogens is 1. The molecule has 0 fully saturated rings. The molecule has 0 aliphatic rings. The molecule has 0 aromatic carbocycles. The van der Waals surface area contributed by atoms with Gasteiger partial charge in [-0.05, 0) is 12.1 Å². The van der Waals surface area contributed by atoms with Crippen molar-refractivity contribution >= 4 is 11.3 Å². The Kier molecular flexibility index (Phi) is 2.24. The van der Waals surface area contributed by atoms with Gasteiger partial charge in [-0.1, -0.05) is 11.3 Å². The van der Waals surface area contributed by atoms with Gasteiger partial charge in [-0.15, -0.1) is 0 Å². The molecule has 0 radical (unpaired) electrons. The molecule has 74 valence electrons. The Morgan fingerprint density at radius 3 is 2.86 bits per heavy atom. The van der Waals surface area contributed by atoms with Crippen LogP contribution in [0.4, 0.5) is 0 Å². The SMILES string of the molecule is O=c1[nH]c(C(O)O)c(-c2ccco2)s1. The maximum absolute atomic E-state index is 11.0. The highest BCUT2D eigenvalue weighted by atomic mass is 32.1. The zero-order valence-corrected chi connectivity index (χ0v) is 7.75. The topological polar surface area (TPSA) is 86.5 Å². The number of nitrogens with one attached hydrogen (secondary N) is 1. The van der Waals surface area contributed by atoms with Crippen LogP contribution in [-0.2, 0) is 0 Å². The second kappa shape index (κ2) is 3.41. The van der Waals surface area contributed by atoms with Crippen molar-refractivity contribution in [1.82, 2.24) is 4.98 Å². The molecule has 2 aromatic rings. The van der Waals surface area contributed by atoms with Crippen molar-refractivity contribution in [2.45, 2.75) is 6.29 Å². The summed E-state index contributed by atoms with van der Waals surface area (Å²) >= 11 is 0.876. The van der Waals surface area contributed by atoms with Gasteiger partial charge in [0.15, 0.2) is 6.29 Å². The maximum Gasteiger partial charge on any atom is 0.305 e. The van der Waals surface area contributed by atoms with E-state index in [0.717, 1.165) is 11.3 Å². The van der Waals surface area contributed by atoms with Gasteiger partial charge >= 0.3 is 4.87 Å². The van der Waals surface area contributed by atoms with Crippen molar-refractivity contribution < 1.29 is 14.6 Å². The van der Waals surface area contributed by atoms with Crippen LogP contribution in [0.3, 0.4) is 0 Å². The van der Waals surface area contributed by atoms with Crippen LogP contribution in [0.5, 0.6) is 0 Å². The lowest BCUT2D eigenvalue weighted by Gasteiger charge is -2.01. The predicted molar refractivity (Wildman–Crippen MR) is 49.8 cm³/mol. The zero-order chi connectivity index (χ0) is 10.1. The van der Waals surface area contributed by atoms with Crippen LogP contribution in [-0.4, -0.2) is 15.2 Å². The fraction of sp³-hybridized carbons (Fsp3) is 0.125. The number of thiazole rings is 1. The fourth-order valence-electron chi connectivity index (χ4n) is 1.11. The third kappa shape index (κ3) is 1.50. The van der Waals surface area contributed by atoms with E-state index in [1.807, 2.05) is 0 Å². The number of hydrogen-bond donors (Lipinski definition) is 3. The molecule has 0 aliphatic heterocycles. The molecule has 6 heteroatoms. The van der Waals surface area contributed by atoms with Crippen molar-refractivity contribution in [2.75, 3.05) is 0 Å². The fourth-order valence-corrected chi connectivity index (χ4v) is 1.94. The summed E-state index contributed by atoms with van der Waals surface area (Å²) in [6, 6.07) is 3.30. The lowest BCUT2D eigenvalue weighted by atomic mass is 10.3. The summed E-state index contributed by atoms with van der Waals surface area (Å²) in [5.41, 5.74) is 0.0648. The molecule has 0 amide bonds. The zero-order valence-electron chi connectivity index (χ0n) is 6.93. The summed E-state index contributed by atoms with van der Waals surface area (Å²) in [7, 11) is 0. The van der Waals surface area contributed by atoms with E-state index in [2.05, 4.69) is 4.98 Å². The molecule has 0 atom stereocenters. The smallest absolute Gasteiger partial charge is 0.305 e. The molecule has 0 aliphatic carbocycles. The molecule has 0 saturated heterocycles. The predicted octanol–water partition coefficient (Wildman–Crippen LogP) is 0.680. The first kappa shape index (κ1) is 9.20. The van der Waals surface area contributed by atoms with Gasteiger partial charge in [0.25, 0.3) is 0 Å². The molecule has 2 heterocycles. The molecule has 2 aromatic heterocycles. The minimum absolute atomic E-state index is 0.0648. The van der Waals surface area contributed by atoms with Gasteiger partial charge in [-0.25, -0.2) is 0 Å². The van der Waals surface area contributed by atoms with Gasteiger partial charge in [-0.3, -0.25) is 4.79 Å². The highest BCUT2D eigenvalue weighted by Crippen LogP contribution is 2.28. The van der Waals surface area contributed by atoms with Crippen molar-refractivity contribution in [2.24, 2.45) is 0 Å². The summed E-state index contributed by atoms with van der Waals surface area (Å²) in [5.74, 6) is 0.441. The van der Waals surface area contributed by atoms with E-state index in [1.165, 1.54) is 6.26 Å². The molecule has 2 rings (SSSR count). The summed E-state index contributed by atoms with van der Waals surface area (Å²) in [4.78, 5) is 13.4. The van der Waals surface area contributed by atoms with Crippen LogP contribution in [0.2, 0.25) is 0 Å². The molecule has 0 spiro atoms. The van der Waals surface area contributed by atoms with Crippen LogP contribution in [0, 0.1) is 0 Å². The van der Waals surface area contributed by atoms with Crippen LogP contribution < -0.4 is 4.87 Å². The van der Waals surface area contributed by atoms with Gasteiger partial charge < -0.3 is 19.6 Å². The molecule has 0 bridgehead atoms. The first-order valence-electron chi connectivity index (χ1n) is 3.81. The number of aromatic nitrogens is 1. The minimum Gasteiger partial charge on any atom is -0.463 e. The van der Waals surface area contributed by atoms with Crippen molar-refractivity contribution in [3.8, 4) is 10.6 Å². The van der Waals surface area contributed by atoms with Crippen LogP contribution in [0.25, 0.3) is 10.6 Å². The van der Waals surface area contributed by atoms with Crippen LogP contribution in [0.1, 0.15) is 12.0 Å². The molecular formula is C8H7NO4S. The quantitative estimate of drug-likeness (QED) is 0.640. The Morgan fingerprint density at radius 1 is 1.50 bits per heavy atom. The Labute approximate surface area is 82.3 Å². The summed E-state index contributed by atoms with van der Waals surface area (Å²) in [6.07, 6.45) is -0.249. The van der Waals surface area contributed by atoms with Gasteiger partial charge in [0.1, 0.15) is 5.76 Å². The van der Waals surface area contributed by atoms with Crippen molar-refractivity contribution in [3.05, 3.63) is 33.8 Å². The third-order valence-corrected chi connectivity index (χ3v) is 2.59. The second-order valence-electron chi connectivity index (χ2n) is 2.61. The second-order valence-corrected chi connectivity index (χ2v) is 3.59. The normalized spacial score (nSPS) is 11.1. The van der Waals surface area contributed by atoms with E-state index in [1.54, 1.807) is 12.1 Å². The molecule has 14 heavy (non-hydrogen) atoms. The maximum atomic E-state index is 11.0. The monoisotopic (exact) mass is 213 g/mol. The van der Waals surface area contributed by atoms with E-state index in [-0.39, 0.29) is 10.6 Å². The van der Waals surface area contributed by atoms with E-state index in [4.69, 9.17) is 14.6 Å². The summed E-state index contributed by atoms with van der Waals surface area (Å²) < 4.78 is 5.05. The first-order chi connectivity index (χ1) is 6.68. The van der Waals surface area contributed by atoms with Gasteiger partial charge in [0, 0.05) is 0 Å². The molecule has 5 nitrogen and oxygen atoms in total. The Bertz CT molecular complexity index is 468. The van der Waals surface area contributed by atoms with Crippen LogP contribution >= 0.6 is 11.3 Å². The van der Waals surface area contributed by atoms with E-state index >= 15 is 0 Å². The van der Waals surface area contributed by atoms with E-state index < -0.39 is 6.29 Å². The minimum atomic E-state index is -1.70. The number of aliphatic hydroxyl groups excluding tert-OH is 1. The molecule has 0 unspecified atom stereocenters. The number of furan rings is 1. The Hall–Kier alpha value is -1.37. The van der Waals surface area contributed by atoms with E-state index in [9.17, 15) is 4.79 Å². The largest absolute Gasteiger partial charge is 0.463 e. The average Bonchev–Trinajstić information content (AvgIpc) is 2.70. The molecule has 0 saturated carbocycles. The number of hydrogen-bond acceptors (Lipinski definition) is 5. The lowest BCUT2D eigenvalue weighted by Crippen LogP contribution is -2.01. The van der Waals surface area contributed by atoms with Gasteiger partial charge in [0.05, 0.1) is 16.8 Å². The third-order valence-electron chi connectivity index (χ3n) is 1.68. The highest BCUT2D eigenvalue weighted by molar-refractivity contribution is 7.13. The van der Waals surface area contributed by atoms with E-state index in [0.29, 0.717) is 10.6 Å². The van der Waals surface area contributed by atoms with Gasteiger partial charge in [-0.2, -0.15) is 0 Å². The average molecular weight is 213 g/mol. The van der Waals surface area contributed by atoms with Gasteiger partial charge in [0.2, 0.25) is 0 Å². The summed E-state index contributed by atoms with van der Waals surface area (Å²) in [5, 5.41) is 17.9. The summed E-state index contributed by atoms with van der Waals surface area (Å²) in [6.45, 7) is 0. The standard InChI is InChI=1S/C8H7NO4S/c10-7(11)5-6(14-8(12)9-5)4-2-1-3-13-4/h1-3,7,10-11H,(H,9,12).